The second kappa shape index (κ2) is 8.57. The van der Waals surface area contributed by atoms with Crippen molar-refractivity contribution in [2.45, 2.75) is 45.3 Å². The third-order valence-electron chi connectivity index (χ3n) is 4.48. The van der Waals surface area contributed by atoms with E-state index in [9.17, 15) is 13.2 Å². The third kappa shape index (κ3) is 5.38. The number of hydrogen-bond acceptors (Lipinski definition) is 5. The molecule has 2 heterocycles. The lowest BCUT2D eigenvalue weighted by Gasteiger charge is -2.40. The summed E-state index contributed by atoms with van der Waals surface area (Å²) in [4.78, 5) is 12.7. The number of ether oxygens (including phenoxy) is 1. The molecular weight excluding hydrogens is 334 g/mol. The fourth-order valence-electron chi connectivity index (χ4n) is 3.28. The first-order valence-electron chi connectivity index (χ1n) is 8.64. The summed E-state index contributed by atoms with van der Waals surface area (Å²) in [7, 11) is -3.43. The SMILES string of the molecule is CC1CN(S(=O)(=O)N2CCN(CCCCC(=O)O)CC2)CC(C)O1. The molecule has 24 heavy (non-hydrogen) atoms. The van der Waals surface area contributed by atoms with Crippen LogP contribution in [0, 0.1) is 0 Å². The second-order valence-corrected chi connectivity index (χ2v) is 8.60. The summed E-state index contributed by atoms with van der Waals surface area (Å²) >= 11 is 0. The van der Waals surface area contributed by atoms with Crippen molar-refractivity contribution < 1.29 is 23.1 Å². The molecule has 2 fully saturated rings. The first-order chi connectivity index (χ1) is 11.3. The normalized spacial score (nSPS) is 28.1. The summed E-state index contributed by atoms with van der Waals surface area (Å²) in [5, 5.41) is 8.64. The van der Waals surface area contributed by atoms with Gasteiger partial charge in [0.15, 0.2) is 0 Å². The number of hydrogen-bond donors (Lipinski definition) is 1. The molecular formula is C15H29N3O5S. The highest BCUT2D eigenvalue weighted by molar-refractivity contribution is 7.86. The van der Waals surface area contributed by atoms with E-state index < -0.39 is 16.2 Å². The van der Waals surface area contributed by atoms with Gasteiger partial charge in [-0.15, -0.1) is 0 Å². The number of unbranched alkanes of at least 4 members (excludes halogenated alkanes) is 1. The van der Waals surface area contributed by atoms with Crippen LogP contribution in [0.3, 0.4) is 0 Å². The van der Waals surface area contributed by atoms with Crippen molar-refractivity contribution in [2.24, 2.45) is 0 Å². The highest BCUT2D eigenvalue weighted by Crippen LogP contribution is 2.19. The Hall–Kier alpha value is -0.740. The fourth-order valence-corrected chi connectivity index (χ4v) is 5.03. The average Bonchev–Trinajstić information content (AvgIpc) is 2.51. The minimum absolute atomic E-state index is 0.0842. The molecule has 8 nitrogen and oxygen atoms in total. The van der Waals surface area contributed by atoms with E-state index in [1.807, 2.05) is 13.8 Å². The summed E-state index contributed by atoms with van der Waals surface area (Å²) < 4.78 is 34.3. The van der Waals surface area contributed by atoms with Crippen molar-refractivity contribution in [1.29, 1.82) is 0 Å². The molecule has 0 aromatic heterocycles. The van der Waals surface area contributed by atoms with Crippen LogP contribution < -0.4 is 0 Å². The Kier molecular flexibility index (Phi) is 6.99. The van der Waals surface area contributed by atoms with Gasteiger partial charge in [-0.25, -0.2) is 0 Å². The second-order valence-electron chi connectivity index (χ2n) is 6.67. The zero-order valence-corrected chi connectivity index (χ0v) is 15.4. The maximum atomic E-state index is 12.8. The largest absolute Gasteiger partial charge is 0.481 e. The van der Waals surface area contributed by atoms with E-state index in [-0.39, 0.29) is 18.6 Å². The lowest BCUT2D eigenvalue weighted by atomic mass is 10.2. The maximum absolute atomic E-state index is 12.8. The molecule has 2 unspecified atom stereocenters. The van der Waals surface area contributed by atoms with Gasteiger partial charge in [-0.05, 0) is 33.2 Å². The Labute approximate surface area is 144 Å². The van der Waals surface area contributed by atoms with Crippen LogP contribution in [0.25, 0.3) is 0 Å². The van der Waals surface area contributed by atoms with Crippen LogP contribution in [-0.4, -0.2) is 91.0 Å². The van der Waals surface area contributed by atoms with Crippen LogP contribution >= 0.6 is 0 Å². The van der Waals surface area contributed by atoms with Crippen molar-refractivity contribution in [3.05, 3.63) is 0 Å². The van der Waals surface area contributed by atoms with Gasteiger partial charge >= 0.3 is 5.97 Å². The molecule has 2 aliphatic heterocycles. The third-order valence-corrected chi connectivity index (χ3v) is 6.45. The van der Waals surface area contributed by atoms with E-state index in [0.717, 1.165) is 13.0 Å². The maximum Gasteiger partial charge on any atom is 0.303 e. The highest BCUT2D eigenvalue weighted by Gasteiger charge is 2.36. The minimum Gasteiger partial charge on any atom is -0.481 e. The lowest BCUT2D eigenvalue weighted by Crippen LogP contribution is -2.57. The predicted octanol–water partition coefficient (Wildman–Crippen LogP) is 0.213. The van der Waals surface area contributed by atoms with Gasteiger partial charge in [0.05, 0.1) is 12.2 Å². The minimum atomic E-state index is -3.43. The number of aliphatic carboxylic acids is 1. The van der Waals surface area contributed by atoms with Crippen LogP contribution in [0.1, 0.15) is 33.1 Å². The topological polar surface area (TPSA) is 90.4 Å². The van der Waals surface area contributed by atoms with E-state index in [1.165, 1.54) is 4.31 Å². The van der Waals surface area contributed by atoms with Crippen molar-refractivity contribution in [3.63, 3.8) is 0 Å². The van der Waals surface area contributed by atoms with Gasteiger partial charge < -0.3 is 14.7 Å². The molecule has 0 aliphatic carbocycles. The number of morpholine rings is 1. The van der Waals surface area contributed by atoms with E-state index in [0.29, 0.717) is 45.7 Å². The Morgan fingerprint density at radius 1 is 1.04 bits per heavy atom. The summed E-state index contributed by atoms with van der Waals surface area (Å²) in [6, 6.07) is 0. The number of carboxylic acids is 1. The van der Waals surface area contributed by atoms with Crippen molar-refractivity contribution in [1.82, 2.24) is 13.5 Å². The molecule has 0 spiro atoms. The van der Waals surface area contributed by atoms with Gasteiger partial charge in [-0.2, -0.15) is 17.0 Å². The molecule has 0 aromatic rings. The summed E-state index contributed by atoms with van der Waals surface area (Å²) in [5.74, 6) is -0.764. The number of carboxylic acid groups (broad SMARTS) is 1. The average molecular weight is 363 g/mol. The highest BCUT2D eigenvalue weighted by atomic mass is 32.2. The van der Waals surface area contributed by atoms with E-state index in [2.05, 4.69) is 4.90 Å². The quantitative estimate of drug-likeness (QED) is 0.651. The van der Waals surface area contributed by atoms with Crippen molar-refractivity contribution in [2.75, 3.05) is 45.8 Å². The van der Waals surface area contributed by atoms with Gasteiger partial charge in [0.2, 0.25) is 0 Å². The smallest absolute Gasteiger partial charge is 0.303 e. The monoisotopic (exact) mass is 363 g/mol. The Bertz CT molecular complexity index is 509. The molecule has 2 saturated heterocycles. The number of nitrogens with zero attached hydrogens (tertiary/aromatic N) is 3. The molecule has 0 aromatic carbocycles. The molecule has 2 rings (SSSR count). The van der Waals surface area contributed by atoms with Crippen LogP contribution in [0.2, 0.25) is 0 Å². The first-order valence-corrected chi connectivity index (χ1v) is 10.0. The van der Waals surface area contributed by atoms with Crippen molar-refractivity contribution in [3.8, 4) is 0 Å². The van der Waals surface area contributed by atoms with E-state index in [1.54, 1.807) is 4.31 Å². The summed E-state index contributed by atoms with van der Waals surface area (Å²) in [5.41, 5.74) is 0. The number of carbonyl (C=O) groups is 1. The van der Waals surface area contributed by atoms with Gasteiger partial charge in [0.25, 0.3) is 10.2 Å². The standard InChI is InChI=1S/C15H29N3O5S/c1-13-11-18(12-14(2)23-13)24(21,22)17-9-7-16(8-10-17)6-4-3-5-15(19)20/h13-14H,3-12H2,1-2H3,(H,19,20). The number of piperazine rings is 1. The van der Waals surface area contributed by atoms with E-state index in [4.69, 9.17) is 9.84 Å². The lowest BCUT2D eigenvalue weighted by molar-refractivity contribution is -0.137. The first kappa shape index (κ1) is 19.6. The zero-order chi connectivity index (χ0) is 17.7. The molecule has 2 atom stereocenters. The molecule has 0 amide bonds. The summed E-state index contributed by atoms with van der Waals surface area (Å²) in [6.45, 7) is 7.80. The Morgan fingerprint density at radius 3 is 2.17 bits per heavy atom. The number of rotatable bonds is 7. The zero-order valence-electron chi connectivity index (χ0n) is 14.6. The summed E-state index contributed by atoms with van der Waals surface area (Å²) in [6.07, 6.45) is 1.52. The van der Waals surface area contributed by atoms with Gasteiger partial charge in [0.1, 0.15) is 0 Å². The molecule has 2 aliphatic rings. The molecule has 140 valence electrons. The molecule has 1 N–H and O–H groups in total. The van der Waals surface area contributed by atoms with Crippen LogP contribution in [0.4, 0.5) is 0 Å². The van der Waals surface area contributed by atoms with Gasteiger partial charge in [0, 0.05) is 45.7 Å². The predicted molar refractivity (Wildman–Crippen MR) is 90.0 cm³/mol. The Morgan fingerprint density at radius 2 is 1.62 bits per heavy atom. The van der Waals surface area contributed by atoms with Crippen molar-refractivity contribution >= 4 is 16.2 Å². The van der Waals surface area contributed by atoms with Gasteiger partial charge in [-0.1, -0.05) is 0 Å². The molecule has 0 radical (unpaired) electrons. The van der Waals surface area contributed by atoms with Gasteiger partial charge in [-0.3, -0.25) is 4.79 Å². The fraction of sp³-hybridized carbons (Fsp3) is 0.933. The Balaban J connectivity index is 1.79. The van der Waals surface area contributed by atoms with Crippen LogP contribution in [-0.2, 0) is 19.7 Å². The van der Waals surface area contributed by atoms with Crippen LogP contribution in [0.15, 0.2) is 0 Å². The molecule has 0 saturated carbocycles. The molecule has 9 heteroatoms. The van der Waals surface area contributed by atoms with Crippen LogP contribution in [0.5, 0.6) is 0 Å². The molecule has 0 bridgehead atoms. The van der Waals surface area contributed by atoms with E-state index >= 15 is 0 Å².